The minimum Gasteiger partial charge on any atom is -0.378 e. The van der Waals surface area contributed by atoms with Crippen molar-refractivity contribution in [3.05, 3.63) is 30.0 Å². The fourth-order valence-corrected chi connectivity index (χ4v) is 5.23. The highest BCUT2D eigenvalue weighted by molar-refractivity contribution is 7.91. The monoisotopic (exact) mass is 425 g/mol. The summed E-state index contributed by atoms with van der Waals surface area (Å²) >= 11 is 0.924. The number of carbonyl (C=O) groups excluding carboxylic acids is 1. The van der Waals surface area contributed by atoms with Gasteiger partial charge in [0.2, 0.25) is 0 Å². The Morgan fingerprint density at radius 3 is 2.43 bits per heavy atom. The zero-order chi connectivity index (χ0) is 20.3. The summed E-state index contributed by atoms with van der Waals surface area (Å²) in [5, 5.41) is 5.53. The SMILES string of the molecule is Cc1nc(NC(=O)Nc2ccc(N3CCOCC3)cc2)sc1S(=O)(=O)N(C)C. The third kappa shape index (κ3) is 4.61. The number of benzene rings is 1. The van der Waals surface area contributed by atoms with E-state index in [4.69, 9.17) is 4.74 Å². The van der Waals surface area contributed by atoms with Gasteiger partial charge in [-0.3, -0.25) is 5.32 Å². The lowest BCUT2D eigenvalue weighted by Crippen LogP contribution is -2.36. The number of anilines is 3. The Morgan fingerprint density at radius 1 is 1.18 bits per heavy atom. The molecule has 9 nitrogen and oxygen atoms in total. The predicted molar refractivity (Wildman–Crippen MR) is 110 cm³/mol. The van der Waals surface area contributed by atoms with Gasteiger partial charge in [-0.2, -0.15) is 0 Å². The van der Waals surface area contributed by atoms with E-state index in [1.807, 2.05) is 24.3 Å². The van der Waals surface area contributed by atoms with Crippen LogP contribution in [0.15, 0.2) is 28.5 Å². The van der Waals surface area contributed by atoms with Crippen molar-refractivity contribution in [2.75, 3.05) is 55.9 Å². The first-order valence-corrected chi connectivity index (χ1v) is 10.9. The first-order chi connectivity index (χ1) is 13.3. The summed E-state index contributed by atoms with van der Waals surface area (Å²) in [6.07, 6.45) is 0. The predicted octanol–water partition coefficient (Wildman–Crippen LogP) is 2.18. The molecule has 0 unspecified atom stereocenters. The molecule has 152 valence electrons. The number of amides is 2. The maximum atomic E-state index is 12.3. The Kier molecular flexibility index (Phi) is 6.18. The highest BCUT2D eigenvalue weighted by Crippen LogP contribution is 2.29. The second-order valence-electron chi connectivity index (χ2n) is 6.40. The van der Waals surface area contributed by atoms with E-state index in [2.05, 4.69) is 20.5 Å². The number of ether oxygens (including phenoxy) is 1. The molecule has 3 rings (SSSR count). The van der Waals surface area contributed by atoms with E-state index < -0.39 is 16.1 Å². The molecule has 0 atom stereocenters. The molecule has 1 aliphatic rings. The maximum absolute atomic E-state index is 12.3. The van der Waals surface area contributed by atoms with Crippen LogP contribution in [-0.4, -0.2) is 64.1 Å². The molecule has 1 saturated heterocycles. The van der Waals surface area contributed by atoms with Gasteiger partial charge in [0, 0.05) is 38.6 Å². The molecular formula is C17H23N5O4S2. The summed E-state index contributed by atoms with van der Waals surface area (Å²) in [6, 6.07) is 7.03. The summed E-state index contributed by atoms with van der Waals surface area (Å²) < 4.78 is 31.1. The number of aromatic nitrogens is 1. The quantitative estimate of drug-likeness (QED) is 0.761. The number of nitrogens with one attached hydrogen (secondary N) is 2. The molecule has 2 N–H and O–H groups in total. The number of urea groups is 1. The second kappa shape index (κ2) is 8.43. The first-order valence-electron chi connectivity index (χ1n) is 8.68. The summed E-state index contributed by atoms with van der Waals surface area (Å²) in [5.74, 6) is 0. The Hall–Kier alpha value is -2.21. The molecule has 0 aliphatic carbocycles. The summed E-state index contributed by atoms with van der Waals surface area (Å²) in [5.41, 5.74) is 2.05. The van der Waals surface area contributed by atoms with Crippen molar-refractivity contribution in [1.82, 2.24) is 9.29 Å². The fraction of sp³-hybridized carbons (Fsp3) is 0.412. The summed E-state index contributed by atoms with van der Waals surface area (Å²) in [6.45, 7) is 4.70. The molecule has 1 fully saturated rings. The summed E-state index contributed by atoms with van der Waals surface area (Å²) in [7, 11) is -0.686. The molecule has 11 heteroatoms. The van der Waals surface area contributed by atoms with Crippen LogP contribution >= 0.6 is 11.3 Å². The zero-order valence-electron chi connectivity index (χ0n) is 15.9. The number of rotatable bonds is 5. The average Bonchev–Trinajstić information content (AvgIpc) is 3.03. The molecule has 1 aromatic carbocycles. The molecule has 28 heavy (non-hydrogen) atoms. The first kappa shape index (κ1) is 20.5. The molecule has 1 aliphatic heterocycles. The van der Waals surface area contributed by atoms with Gasteiger partial charge in [0.05, 0.1) is 18.9 Å². The van der Waals surface area contributed by atoms with E-state index in [-0.39, 0.29) is 9.34 Å². The molecule has 2 aromatic rings. The largest absolute Gasteiger partial charge is 0.378 e. The zero-order valence-corrected chi connectivity index (χ0v) is 17.6. The van der Waals surface area contributed by atoms with Gasteiger partial charge in [0.15, 0.2) is 9.34 Å². The Labute approximate surface area is 168 Å². The lowest BCUT2D eigenvalue weighted by molar-refractivity contribution is 0.122. The third-order valence-corrected chi connectivity index (χ3v) is 7.67. The van der Waals surface area contributed by atoms with Gasteiger partial charge in [0.1, 0.15) is 0 Å². The van der Waals surface area contributed by atoms with E-state index in [1.165, 1.54) is 14.1 Å². The molecule has 0 spiro atoms. The van der Waals surface area contributed by atoms with Crippen LogP contribution in [0, 0.1) is 6.92 Å². The Balaban J connectivity index is 1.63. The minimum absolute atomic E-state index is 0.114. The van der Waals surface area contributed by atoms with E-state index >= 15 is 0 Å². The van der Waals surface area contributed by atoms with Gasteiger partial charge in [-0.05, 0) is 31.2 Å². The highest BCUT2D eigenvalue weighted by Gasteiger charge is 2.24. The van der Waals surface area contributed by atoms with Gasteiger partial charge >= 0.3 is 6.03 Å². The Bertz CT molecular complexity index is 935. The molecule has 0 radical (unpaired) electrons. The van der Waals surface area contributed by atoms with Crippen molar-refractivity contribution in [3.63, 3.8) is 0 Å². The molecular weight excluding hydrogens is 402 g/mol. The van der Waals surface area contributed by atoms with Crippen molar-refractivity contribution in [3.8, 4) is 0 Å². The van der Waals surface area contributed by atoms with Gasteiger partial charge in [0.25, 0.3) is 10.0 Å². The van der Waals surface area contributed by atoms with Crippen molar-refractivity contribution in [1.29, 1.82) is 0 Å². The maximum Gasteiger partial charge on any atom is 0.325 e. The molecule has 2 amide bonds. The lowest BCUT2D eigenvalue weighted by Gasteiger charge is -2.28. The fourth-order valence-electron chi connectivity index (χ4n) is 2.68. The average molecular weight is 426 g/mol. The van der Waals surface area contributed by atoms with E-state index in [0.29, 0.717) is 24.6 Å². The van der Waals surface area contributed by atoms with Crippen LogP contribution in [0.2, 0.25) is 0 Å². The topological polar surface area (TPSA) is 104 Å². The van der Waals surface area contributed by atoms with E-state index in [1.54, 1.807) is 6.92 Å². The second-order valence-corrected chi connectivity index (χ2v) is 9.75. The number of hydrogen-bond acceptors (Lipinski definition) is 7. The van der Waals surface area contributed by atoms with Crippen LogP contribution in [0.1, 0.15) is 5.69 Å². The number of morpholine rings is 1. The summed E-state index contributed by atoms with van der Waals surface area (Å²) in [4.78, 5) is 18.6. The van der Waals surface area contributed by atoms with E-state index in [9.17, 15) is 13.2 Å². The van der Waals surface area contributed by atoms with Crippen molar-refractivity contribution in [2.45, 2.75) is 11.1 Å². The van der Waals surface area contributed by atoms with Gasteiger partial charge in [-0.15, -0.1) is 0 Å². The standard InChI is InChI=1S/C17H23N5O4S2/c1-12-15(28(24,25)21(2)3)27-17(18-12)20-16(23)19-13-4-6-14(7-5-13)22-8-10-26-11-9-22/h4-7H,8-11H2,1-3H3,(H2,18,19,20,23). The van der Waals surface area contributed by atoms with Gasteiger partial charge < -0.3 is 15.0 Å². The van der Waals surface area contributed by atoms with Crippen LogP contribution in [0.3, 0.4) is 0 Å². The van der Waals surface area contributed by atoms with Crippen molar-refractivity contribution in [2.24, 2.45) is 0 Å². The number of aryl methyl sites for hydroxylation is 1. The number of hydrogen-bond donors (Lipinski definition) is 2. The Morgan fingerprint density at radius 2 is 1.82 bits per heavy atom. The molecule has 2 heterocycles. The van der Waals surface area contributed by atoms with Crippen molar-refractivity contribution < 1.29 is 17.9 Å². The van der Waals surface area contributed by atoms with Crippen LogP contribution in [0.25, 0.3) is 0 Å². The third-order valence-electron chi connectivity index (χ3n) is 4.19. The van der Waals surface area contributed by atoms with Crippen LogP contribution < -0.4 is 15.5 Å². The van der Waals surface area contributed by atoms with Gasteiger partial charge in [-0.1, -0.05) is 11.3 Å². The van der Waals surface area contributed by atoms with Crippen LogP contribution in [-0.2, 0) is 14.8 Å². The number of carbonyl (C=O) groups is 1. The van der Waals surface area contributed by atoms with Crippen molar-refractivity contribution >= 4 is 43.9 Å². The normalized spacial score (nSPS) is 14.9. The highest BCUT2D eigenvalue weighted by atomic mass is 32.2. The minimum atomic E-state index is -3.59. The van der Waals surface area contributed by atoms with Crippen LogP contribution in [0.4, 0.5) is 21.3 Å². The number of thiazole rings is 1. The number of sulfonamides is 1. The lowest BCUT2D eigenvalue weighted by atomic mass is 10.2. The number of nitrogens with zero attached hydrogens (tertiary/aromatic N) is 3. The molecule has 0 saturated carbocycles. The smallest absolute Gasteiger partial charge is 0.325 e. The van der Waals surface area contributed by atoms with E-state index in [0.717, 1.165) is 34.4 Å². The van der Waals surface area contributed by atoms with Gasteiger partial charge in [-0.25, -0.2) is 22.5 Å². The molecule has 1 aromatic heterocycles. The molecule has 0 bridgehead atoms. The van der Waals surface area contributed by atoms with Crippen LogP contribution in [0.5, 0.6) is 0 Å².